The second kappa shape index (κ2) is 9.77. The Bertz CT molecular complexity index is 1690. The number of fused-ring (bicyclic) bond motifs is 1. The molecule has 0 bridgehead atoms. The number of amides is 1. The van der Waals surface area contributed by atoms with Gasteiger partial charge < -0.3 is 19.5 Å². The quantitative estimate of drug-likeness (QED) is 0.282. The van der Waals surface area contributed by atoms with Gasteiger partial charge >= 0.3 is 0 Å². The summed E-state index contributed by atoms with van der Waals surface area (Å²) in [5.74, 6) is 1.73. The zero-order valence-electron chi connectivity index (χ0n) is 22.2. The summed E-state index contributed by atoms with van der Waals surface area (Å²) in [7, 11) is 1.69. The van der Waals surface area contributed by atoms with E-state index in [0.29, 0.717) is 6.42 Å². The van der Waals surface area contributed by atoms with Crippen molar-refractivity contribution < 1.29 is 9.53 Å². The molecule has 1 saturated heterocycles. The van der Waals surface area contributed by atoms with E-state index in [1.54, 1.807) is 7.11 Å². The van der Waals surface area contributed by atoms with Crippen LogP contribution in [0.1, 0.15) is 48.3 Å². The number of anilines is 2. The third kappa shape index (κ3) is 4.30. The number of methoxy groups -OCH3 is 1. The number of hydrogen-bond acceptors (Lipinski definition) is 4. The van der Waals surface area contributed by atoms with Gasteiger partial charge in [0.15, 0.2) is 0 Å². The van der Waals surface area contributed by atoms with Crippen molar-refractivity contribution in [3.63, 3.8) is 0 Å². The second-order valence-electron chi connectivity index (χ2n) is 10.7. The molecular formula is C33H32N4O2. The highest BCUT2D eigenvalue weighted by Gasteiger charge is 2.31. The van der Waals surface area contributed by atoms with Gasteiger partial charge in [-0.1, -0.05) is 36.4 Å². The van der Waals surface area contributed by atoms with Crippen LogP contribution < -0.4 is 15.0 Å². The summed E-state index contributed by atoms with van der Waals surface area (Å²) >= 11 is 0. The van der Waals surface area contributed by atoms with Gasteiger partial charge in [-0.3, -0.25) is 4.79 Å². The van der Waals surface area contributed by atoms with Crippen LogP contribution in [0.25, 0.3) is 21.8 Å². The van der Waals surface area contributed by atoms with Gasteiger partial charge in [0.1, 0.15) is 11.6 Å². The van der Waals surface area contributed by atoms with Crippen LogP contribution in [0.4, 0.5) is 11.5 Å². The lowest BCUT2D eigenvalue weighted by molar-refractivity contribution is -0.116. The number of aromatic nitrogens is 2. The van der Waals surface area contributed by atoms with Gasteiger partial charge in [0.2, 0.25) is 5.91 Å². The molecule has 0 spiro atoms. The van der Waals surface area contributed by atoms with E-state index < -0.39 is 0 Å². The number of hydrogen-bond donors (Lipinski definition) is 1. The Labute approximate surface area is 228 Å². The van der Waals surface area contributed by atoms with Gasteiger partial charge in [0, 0.05) is 60.6 Å². The first-order chi connectivity index (χ1) is 19.2. The molecule has 5 aromatic rings. The molecule has 6 heteroatoms. The van der Waals surface area contributed by atoms with Crippen molar-refractivity contribution in [3.8, 4) is 5.75 Å². The molecule has 0 radical (unpaired) electrons. The summed E-state index contributed by atoms with van der Waals surface area (Å²) < 4.78 is 7.83. The summed E-state index contributed by atoms with van der Waals surface area (Å²) in [6.45, 7) is 2.74. The van der Waals surface area contributed by atoms with Crippen molar-refractivity contribution in [3.05, 3.63) is 95.7 Å². The average molecular weight is 517 g/mol. The molecule has 196 valence electrons. The van der Waals surface area contributed by atoms with Crippen LogP contribution in [-0.4, -0.2) is 35.7 Å². The fourth-order valence-electron chi connectivity index (χ4n) is 6.33. The predicted octanol–water partition coefficient (Wildman–Crippen LogP) is 6.71. The molecule has 2 aliphatic rings. The maximum atomic E-state index is 13.3. The summed E-state index contributed by atoms with van der Waals surface area (Å²) in [5, 5.41) is 5.40. The molecule has 2 aliphatic heterocycles. The monoisotopic (exact) mass is 516 g/mol. The molecule has 0 saturated carbocycles. The Kier molecular flexibility index (Phi) is 5.95. The van der Waals surface area contributed by atoms with Crippen LogP contribution in [0.5, 0.6) is 5.75 Å². The molecule has 0 aliphatic carbocycles. The number of benzene rings is 3. The molecular weight excluding hydrogens is 484 g/mol. The SMILES string of the molecule is COc1ccc2cc(C3CC(=O)Nc4cccc5c4c3cn5Cc3ccccc3)c(N3CCCCC3)nc2c1. The Morgan fingerprint density at radius 3 is 2.62 bits per heavy atom. The van der Waals surface area contributed by atoms with Crippen molar-refractivity contribution in [2.75, 3.05) is 30.4 Å². The van der Waals surface area contributed by atoms with Gasteiger partial charge in [-0.05, 0) is 60.7 Å². The maximum Gasteiger partial charge on any atom is 0.225 e. The van der Waals surface area contributed by atoms with E-state index in [1.807, 2.05) is 24.3 Å². The molecule has 39 heavy (non-hydrogen) atoms. The summed E-state index contributed by atoms with van der Waals surface area (Å²) in [4.78, 5) is 21.0. The van der Waals surface area contributed by atoms with E-state index in [4.69, 9.17) is 9.72 Å². The van der Waals surface area contributed by atoms with E-state index >= 15 is 0 Å². The second-order valence-corrected chi connectivity index (χ2v) is 10.7. The number of carbonyl (C=O) groups excluding carboxylic acids is 1. The highest BCUT2D eigenvalue weighted by molar-refractivity contribution is 6.06. The zero-order chi connectivity index (χ0) is 26.3. The van der Waals surface area contributed by atoms with Gasteiger partial charge in [-0.15, -0.1) is 0 Å². The normalized spacial score (nSPS) is 17.3. The van der Waals surface area contributed by atoms with Crippen molar-refractivity contribution in [2.45, 2.75) is 38.1 Å². The molecule has 1 fully saturated rings. The number of ether oxygens (including phenoxy) is 1. The van der Waals surface area contributed by atoms with Crippen LogP contribution in [0, 0.1) is 0 Å². The van der Waals surface area contributed by atoms with Crippen LogP contribution in [-0.2, 0) is 11.3 Å². The van der Waals surface area contributed by atoms with E-state index in [9.17, 15) is 4.79 Å². The molecule has 6 nitrogen and oxygen atoms in total. The highest BCUT2D eigenvalue weighted by Crippen LogP contribution is 2.44. The number of pyridine rings is 1. The first kappa shape index (κ1) is 23.8. The predicted molar refractivity (Wildman–Crippen MR) is 157 cm³/mol. The lowest BCUT2D eigenvalue weighted by atomic mass is 9.87. The summed E-state index contributed by atoms with van der Waals surface area (Å²) in [6, 6.07) is 25.1. The van der Waals surface area contributed by atoms with E-state index in [0.717, 1.165) is 77.1 Å². The number of rotatable bonds is 5. The van der Waals surface area contributed by atoms with Gasteiger partial charge in [-0.2, -0.15) is 0 Å². The first-order valence-corrected chi connectivity index (χ1v) is 13.9. The van der Waals surface area contributed by atoms with Crippen LogP contribution >= 0.6 is 0 Å². The molecule has 7 rings (SSSR count). The minimum atomic E-state index is -0.107. The van der Waals surface area contributed by atoms with Crippen molar-refractivity contribution in [1.82, 2.24) is 9.55 Å². The number of nitrogens with one attached hydrogen (secondary N) is 1. The van der Waals surface area contributed by atoms with E-state index in [1.165, 1.54) is 17.5 Å². The van der Waals surface area contributed by atoms with Gasteiger partial charge in [0.05, 0.1) is 23.8 Å². The number of carbonyl (C=O) groups is 1. The first-order valence-electron chi connectivity index (χ1n) is 13.9. The molecule has 1 amide bonds. The van der Waals surface area contributed by atoms with Gasteiger partial charge in [-0.25, -0.2) is 4.98 Å². The standard InChI is InChI=1S/C33H32N4O2/c1-39-24-14-13-23-17-26(33(35-29(23)18-24)36-15-6-3-7-16-36)25-19-31(38)34-28-11-8-12-30-32(28)27(25)21-37(30)20-22-9-4-2-5-10-22/h2,4-5,8-14,17-18,21,25H,3,6-7,15-16,19-20H2,1H3,(H,34,38). The van der Waals surface area contributed by atoms with Crippen LogP contribution in [0.3, 0.4) is 0 Å². The molecule has 1 unspecified atom stereocenters. The largest absolute Gasteiger partial charge is 0.497 e. The lowest BCUT2D eigenvalue weighted by Gasteiger charge is -2.31. The Hall–Kier alpha value is -4.32. The Morgan fingerprint density at radius 2 is 1.79 bits per heavy atom. The zero-order valence-corrected chi connectivity index (χ0v) is 22.2. The molecule has 1 N–H and O–H groups in total. The average Bonchev–Trinajstić information content (AvgIpc) is 3.27. The minimum absolute atomic E-state index is 0.0396. The van der Waals surface area contributed by atoms with Crippen LogP contribution in [0.15, 0.2) is 79.0 Å². The molecule has 4 heterocycles. The molecule has 1 atom stereocenters. The van der Waals surface area contributed by atoms with Crippen molar-refractivity contribution >= 4 is 39.2 Å². The van der Waals surface area contributed by atoms with E-state index in [2.05, 4.69) is 69.5 Å². The minimum Gasteiger partial charge on any atom is -0.497 e. The molecule has 3 aromatic carbocycles. The fourth-order valence-corrected chi connectivity index (χ4v) is 6.33. The fraction of sp³-hybridized carbons (Fsp3) is 0.273. The highest BCUT2D eigenvalue weighted by atomic mass is 16.5. The van der Waals surface area contributed by atoms with Gasteiger partial charge in [0.25, 0.3) is 0 Å². The summed E-state index contributed by atoms with van der Waals surface area (Å²) in [5.41, 5.74) is 6.50. The van der Waals surface area contributed by atoms with Crippen LogP contribution in [0.2, 0.25) is 0 Å². The smallest absolute Gasteiger partial charge is 0.225 e. The Morgan fingerprint density at radius 1 is 0.949 bits per heavy atom. The Balaban J connectivity index is 1.44. The number of piperidine rings is 1. The third-order valence-corrected chi connectivity index (χ3v) is 8.23. The topological polar surface area (TPSA) is 59.4 Å². The molecule has 2 aromatic heterocycles. The number of nitrogens with zero attached hydrogens (tertiary/aromatic N) is 3. The lowest BCUT2D eigenvalue weighted by Crippen LogP contribution is -2.31. The third-order valence-electron chi connectivity index (χ3n) is 8.23. The summed E-state index contributed by atoms with van der Waals surface area (Å²) in [6.07, 6.45) is 6.20. The van der Waals surface area contributed by atoms with Crippen molar-refractivity contribution in [2.24, 2.45) is 0 Å². The maximum absolute atomic E-state index is 13.3. The van der Waals surface area contributed by atoms with Crippen molar-refractivity contribution in [1.29, 1.82) is 0 Å². The van der Waals surface area contributed by atoms with E-state index in [-0.39, 0.29) is 11.8 Å².